The lowest BCUT2D eigenvalue weighted by atomic mass is 9.82. The van der Waals surface area contributed by atoms with Gasteiger partial charge in [-0.3, -0.25) is 9.05 Å². The predicted molar refractivity (Wildman–Crippen MR) is 67.7 cm³/mol. The lowest BCUT2D eigenvalue weighted by Crippen LogP contribution is -2.14. The Labute approximate surface area is 104 Å². The standard InChI is InChI=1S/C12H23O4P/c1-5-14-17(13,15-6-2)16-11-8-7-9-12(3,4)10-11/h10H,5-9H2,1-4H3. The SMILES string of the molecule is CCOP(=O)(OCC)OC1=CC(C)(C)CCC1. The van der Waals surface area contributed by atoms with Crippen molar-refractivity contribution in [1.82, 2.24) is 0 Å². The van der Waals surface area contributed by atoms with Crippen molar-refractivity contribution in [3.63, 3.8) is 0 Å². The number of hydrogen-bond acceptors (Lipinski definition) is 4. The summed E-state index contributed by atoms with van der Waals surface area (Å²) < 4.78 is 27.9. The monoisotopic (exact) mass is 262 g/mol. The van der Waals surface area contributed by atoms with E-state index in [2.05, 4.69) is 13.8 Å². The van der Waals surface area contributed by atoms with Crippen molar-refractivity contribution in [1.29, 1.82) is 0 Å². The third-order valence-corrected chi connectivity index (χ3v) is 4.21. The van der Waals surface area contributed by atoms with Gasteiger partial charge >= 0.3 is 7.82 Å². The zero-order chi connectivity index (χ0) is 12.9. The third-order valence-electron chi connectivity index (χ3n) is 2.60. The highest BCUT2D eigenvalue weighted by molar-refractivity contribution is 7.48. The molecule has 0 N–H and O–H groups in total. The Kier molecular flexibility index (Phi) is 5.23. The second-order valence-electron chi connectivity index (χ2n) is 4.83. The Morgan fingerprint density at radius 3 is 2.35 bits per heavy atom. The average molecular weight is 262 g/mol. The third kappa shape index (κ3) is 4.82. The van der Waals surface area contributed by atoms with E-state index in [9.17, 15) is 4.57 Å². The summed E-state index contributed by atoms with van der Waals surface area (Å²) >= 11 is 0. The van der Waals surface area contributed by atoms with Crippen LogP contribution in [-0.2, 0) is 18.1 Å². The number of phosphoric acid groups is 1. The molecule has 4 nitrogen and oxygen atoms in total. The summed E-state index contributed by atoms with van der Waals surface area (Å²) in [5.74, 6) is 0.728. The van der Waals surface area contributed by atoms with Gasteiger partial charge in [0.1, 0.15) is 5.76 Å². The van der Waals surface area contributed by atoms with Crippen LogP contribution in [0.25, 0.3) is 0 Å². The molecule has 5 heteroatoms. The van der Waals surface area contributed by atoms with E-state index in [0.29, 0.717) is 13.2 Å². The molecule has 0 saturated carbocycles. The van der Waals surface area contributed by atoms with Crippen molar-refractivity contribution in [3.8, 4) is 0 Å². The van der Waals surface area contributed by atoms with Crippen LogP contribution in [0, 0.1) is 5.41 Å². The first kappa shape index (κ1) is 14.7. The molecule has 0 amide bonds. The number of hydrogen-bond donors (Lipinski definition) is 0. The van der Waals surface area contributed by atoms with Crippen LogP contribution in [-0.4, -0.2) is 13.2 Å². The Hall–Kier alpha value is -0.310. The van der Waals surface area contributed by atoms with Crippen LogP contribution in [0.5, 0.6) is 0 Å². The molecule has 0 aromatic rings. The molecule has 0 radical (unpaired) electrons. The van der Waals surface area contributed by atoms with Gasteiger partial charge in [-0.2, -0.15) is 0 Å². The summed E-state index contributed by atoms with van der Waals surface area (Å²) in [6.07, 6.45) is 4.99. The quantitative estimate of drug-likeness (QED) is 0.670. The van der Waals surface area contributed by atoms with Crippen LogP contribution >= 0.6 is 7.82 Å². The molecule has 0 aliphatic heterocycles. The van der Waals surface area contributed by atoms with Crippen molar-refractivity contribution in [2.24, 2.45) is 5.41 Å². The van der Waals surface area contributed by atoms with E-state index in [4.69, 9.17) is 13.6 Å². The maximum Gasteiger partial charge on any atom is 0.529 e. The molecular formula is C12H23O4P. The zero-order valence-electron chi connectivity index (χ0n) is 11.2. The average Bonchev–Trinajstić information content (AvgIpc) is 2.15. The minimum Gasteiger partial charge on any atom is -0.409 e. The molecule has 1 aliphatic carbocycles. The molecule has 0 unspecified atom stereocenters. The highest BCUT2D eigenvalue weighted by atomic mass is 31.2. The largest absolute Gasteiger partial charge is 0.529 e. The minimum absolute atomic E-state index is 0.0941. The van der Waals surface area contributed by atoms with E-state index in [1.54, 1.807) is 13.8 Å². The van der Waals surface area contributed by atoms with Crippen LogP contribution in [0.1, 0.15) is 47.0 Å². The van der Waals surface area contributed by atoms with Crippen molar-refractivity contribution < 1.29 is 18.1 Å². The van der Waals surface area contributed by atoms with Gasteiger partial charge in [0, 0.05) is 6.42 Å². The topological polar surface area (TPSA) is 44.8 Å². The summed E-state index contributed by atoms with van der Waals surface area (Å²) in [6.45, 7) is 8.45. The van der Waals surface area contributed by atoms with Gasteiger partial charge in [-0.15, -0.1) is 0 Å². The zero-order valence-corrected chi connectivity index (χ0v) is 12.1. The second-order valence-corrected chi connectivity index (χ2v) is 6.42. The lowest BCUT2D eigenvalue weighted by Gasteiger charge is -2.28. The van der Waals surface area contributed by atoms with Gasteiger partial charge in [0.15, 0.2) is 0 Å². The van der Waals surface area contributed by atoms with Crippen molar-refractivity contribution in [2.45, 2.75) is 47.0 Å². The normalized spacial score (nSPS) is 19.9. The first-order valence-corrected chi connectivity index (χ1v) is 7.67. The Morgan fingerprint density at radius 2 is 1.88 bits per heavy atom. The van der Waals surface area contributed by atoms with Crippen LogP contribution in [0.15, 0.2) is 11.8 Å². The van der Waals surface area contributed by atoms with Crippen molar-refractivity contribution in [2.75, 3.05) is 13.2 Å². The van der Waals surface area contributed by atoms with Crippen molar-refractivity contribution in [3.05, 3.63) is 11.8 Å². The maximum atomic E-state index is 12.2. The van der Waals surface area contributed by atoms with Gasteiger partial charge in [-0.05, 0) is 38.2 Å². The van der Waals surface area contributed by atoms with E-state index in [-0.39, 0.29) is 5.41 Å². The molecule has 1 rings (SSSR count). The van der Waals surface area contributed by atoms with Gasteiger partial charge in [-0.25, -0.2) is 4.57 Å². The minimum atomic E-state index is -3.41. The Bertz CT molecular complexity index is 312. The summed E-state index contributed by atoms with van der Waals surface area (Å²) in [5, 5.41) is 0. The van der Waals surface area contributed by atoms with E-state index in [0.717, 1.165) is 25.0 Å². The molecule has 17 heavy (non-hydrogen) atoms. The number of rotatable bonds is 6. The molecule has 0 aromatic heterocycles. The molecule has 0 atom stereocenters. The molecule has 0 spiro atoms. The molecule has 0 bridgehead atoms. The number of allylic oxidation sites excluding steroid dienone is 2. The first-order valence-electron chi connectivity index (χ1n) is 6.21. The van der Waals surface area contributed by atoms with Crippen LogP contribution < -0.4 is 0 Å². The maximum absolute atomic E-state index is 12.2. The van der Waals surface area contributed by atoms with Gasteiger partial charge < -0.3 is 4.52 Å². The van der Waals surface area contributed by atoms with Crippen LogP contribution in [0.4, 0.5) is 0 Å². The predicted octanol–water partition coefficient (Wildman–Crippen LogP) is 4.28. The van der Waals surface area contributed by atoms with E-state index in [1.165, 1.54) is 0 Å². The molecule has 0 heterocycles. The van der Waals surface area contributed by atoms with Gasteiger partial charge in [-0.1, -0.05) is 13.8 Å². The lowest BCUT2D eigenvalue weighted by molar-refractivity contribution is 0.139. The summed E-state index contributed by atoms with van der Waals surface area (Å²) in [5.41, 5.74) is 0.0941. The van der Waals surface area contributed by atoms with Crippen LogP contribution in [0.3, 0.4) is 0 Å². The fourth-order valence-electron chi connectivity index (χ4n) is 1.92. The Balaban J connectivity index is 2.73. The molecule has 0 saturated heterocycles. The van der Waals surface area contributed by atoms with Gasteiger partial charge in [0.2, 0.25) is 0 Å². The summed E-state index contributed by atoms with van der Waals surface area (Å²) in [4.78, 5) is 0. The van der Waals surface area contributed by atoms with E-state index >= 15 is 0 Å². The highest BCUT2D eigenvalue weighted by Crippen LogP contribution is 2.53. The van der Waals surface area contributed by atoms with Crippen molar-refractivity contribution >= 4 is 7.82 Å². The van der Waals surface area contributed by atoms with E-state index < -0.39 is 7.82 Å². The molecule has 0 aromatic carbocycles. The summed E-state index contributed by atoms with van der Waals surface area (Å²) in [6, 6.07) is 0. The highest BCUT2D eigenvalue weighted by Gasteiger charge is 2.31. The molecule has 100 valence electrons. The second kappa shape index (κ2) is 6.03. The fourth-order valence-corrected chi connectivity index (χ4v) is 3.16. The smallest absolute Gasteiger partial charge is 0.409 e. The number of phosphoric ester groups is 1. The summed E-state index contributed by atoms with van der Waals surface area (Å²) in [7, 11) is -3.41. The van der Waals surface area contributed by atoms with Gasteiger partial charge in [0.05, 0.1) is 13.2 Å². The van der Waals surface area contributed by atoms with Crippen LogP contribution in [0.2, 0.25) is 0 Å². The fraction of sp³-hybridized carbons (Fsp3) is 0.833. The molecule has 0 fully saturated rings. The van der Waals surface area contributed by atoms with Gasteiger partial charge in [0.25, 0.3) is 0 Å². The molecular weight excluding hydrogens is 239 g/mol. The molecule has 1 aliphatic rings. The van der Waals surface area contributed by atoms with E-state index in [1.807, 2.05) is 6.08 Å². The first-order chi connectivity index (χ1) is 7.91. The Morgan fingerprint density at radius 1 is 1.29 bits per heavy atom.